The van der Waals surface area contributed by atoms with Gasteiger partial charge in [0.25, 0.3) is 5.91 Å². The van der Waals surface area contributed by atoms with Crippen molar-refractivity contribution in [1.29, 1.82) is 0 Å². The number of rotatable bonds is 3. The molecule has 0 radical (unpaired) electrons. The fourth-order valence-electron chi connectivity index (χ4n) is 2.48. The molecule has 5 heteroatoms. The van der Waals surface area contributed by atoms with Gasteiger partial charge in [0.2, 0.25) is 0 Å². The van der Waals surface area contributed by atoms with Gasteiger partial charge in [0, 0.05) is 29.3 Å². The smallest absolute Gasteiger partial charge is 0.257 e. The van der Waals surface area contributed by atoms with Crippen LogP contribution < -0.4 is 11.1 Å². The molecule has 1 aromatic carbocycles. The number of carbonyl (C=O) groups excluding carboxylic acids is 1. The highest BCUT2D eigenvalue weighted by Gasteiger charge is 2.15. The van der Waals surface area contributed by atoms with Gasteiger partial charge in [-0.1, -0.05) is 6.07 Å². The predicted molar refractivity (Wildman–Crippen MR) is 90.4 cm³/mol. The molecular weight excluding hydrogens is 286 g/mol. The molecule has 2 aromatic rings. The minimum absolute atomic E-state index is 0. The first-order valence-corrected chi connectivity index (χ1v) is 6.78. The highest BCUT2D eigenvalue weighted by Crippen LogP contribution is 2.21. The van der Waals surface area contributed by atoms with Gasteiger partial charge in [0.05, 0.1) is 5.56 Å². The first-order valence-electron chi connectivity index (χ1n) is 6.78. The van der Waals surface area contributed by atoms with Crippen LogP contribution in [-0.4, -0.2) is 10.5 Å². The molecule has 1 amide bonds. The van der Waals surface area contributed by atoms with Crippen LogP contribution in [0.4, 0.5) is 11.4 Å². The van der Waals surface area contributed by atoms with Crippen molar-refractivity contribution in [2.45, 2.75) is 34.2 Å². The molecule has 0 saturated heterocycles. The van der Waals surface area contributed by atoms with Crippen LogP contribution in [0.25, 0.3) is 0 Å². The maximum Gasteiger partial charge on any atom is 0.257 e. The van der Waals surface area contributed by atoms with Crippen molar-refractivity contribution < 1.29 is 4.79 Å². The fourth-order valence-corrected chi connectivity index (χ4v) is 2.48. The molecule has 1 heterocycles. The number of nitrogens with zero attached hydrogens (tertiary/aromatic N) is 1. The van der Waals surface area contributed by atoms with Crippen molar-refractivity contribution in [1.82, 2.24) is 4.57 Å². The molecule has 0 atom stereocenters. The predicted octanol–water partition coefficient (Wildman–Crippen LogP) is 3.69. The van der Waals surface area contributed by atoms with E-state index in [1.165, 1.54) is 0 Å². The third-order valence-corrected chi connectivity index (χ3v) is 3.64. The molecule has 0 bridgehead atoms. The topological polar surface area (TPSA) is 60.0 Å². The lowest BCUT2D eigenvalue weighted by atomic mass is 10.1. The van der Waals surface area contributed by atoms with E-state index in [4.69, 9.17) is 5.73 Å². The lowest BCUT2D eigenvalue weighted by molar-refractivity contribution is 0.102. The van der Waals surface area contributed by atoms with Gasteiger partial charge in [-0.05, 0) is 51.5 Å². The summed E-state index contributed by atoms with van der Waals surface area (Å²) < 4.78 is 2.13. The van der Waals surface area contributed by atoms with E-state index in [0.717, 1.165) is 29.2 Å². The van der Waals surface area contributed by atoms with E-state index in [9.17, 15) is 4.79 Å². The number of aromatic nitrogens is 1. The number of carbonyl (C=O) groups is 1. The average molecular weight is 308 g/mol. The van der Waals surface area contributed by atoms with Crippen LogP contribution in [0.5, 0.6) is 0 Å². The number of hydrogen-bond acceptors (Lipinski definition) is 2. The number of amides is 1. The molecule has 0 saturated carbocycles. The molecule has 0 fully saturated rings. The summed E-state index contributed by atoms with van der Waals surface area (Å²) in [5.74, 6) is -0.0912. The second-order valence-corrected chi connectivity index (χ2v) is 5.06. The number of nitrogen functional groups attached to an aromatic ring is 1. The van der Waals surface area contributed by atoms with E-state index < -0.39 is 0 Å². The minimum atomic E-state index is -0.0912. The monoisotopic (exact) mass is 307 g/mol. The zero-order valence-electron chi connectivity index (χ0n) is 12.9. The Kier molecular flexibility index (Phi) is 5.44. The Hall–Kier alpha value is -1.94. The third-order valence-electron chi connectivity index (χ3n) is 3.64. The molecule has 0 aliphatic heterocycles. The van der Waals surface area contributed by atoms with Crippen LogP contribution in [-0.2, 0) is 6.54 Å². The van der Waals surface area contributed by atoms with Crippen LogP contribution >= 0.6 is 12.4 Å². The van der Waals surface area contributed by atoms with E-state index >= 15 is 0 Å². The van der Waals surface area contributed by atoms with Crippen LogP contribution in [0, 0.1) is 20.8 Å². The summed E-state index contributed by atoms with van der Waals surface area (Å²) in [6.07, 6.45) is 0. The van der Waals surface area contributed by atoms with Crippen molar-refractivity contribution in [3.63, 3.8) is 0 Å². The molecule has 2 rings (SSSR count). The highest BCUT2D eigenvalue weighted by atomic mass is 35.5. The normalized spacial score (nSPS) is 10.1. The van der Waals surface area contributed by atoms with Crippen molar-refractivity contribution >= 4 is 29.7 Å². The van der Waals surface area contributed by atoms with Crippen LogP contribution in [0.15, 0.2) is 24.3 Å². The number of hydrogen-bond donors (Lipinski definition) is 2. The fraction of sp³-hybridized carbons (Fsp3) is 0.312. The Morgan fingerprint density at radius 2 is 1.90 bits per heavy atom. The summed E-state index contributed by atoms with van der Waals surface area (Å²) in [6, 6.07) is 7.44. The van der Waals surface area contributed by atoms with Crippen molar-refractivity contribution in [2.24, 2.45) is 0 Å². The van der Waals surface area contributed by atoms with E-state index in [-0.39, 0.29) is 18.3 Å². The number of halogens is 1. The largest absolute Gasteiger partial charge is 0.399 e. The number of anilines is 2. The number of benzene rings is 1. The summed E-state index contributed by atoms with van der Waals surface area (Å²) >= 11 is 0. The highest BCUT2D eigenvalue weighted by molar-refractivity contribution is 6.05. The van der Waals surface area contributed by atoms with Gasteiger partial charge in [-0.3, -0.25) is 4.79 Å². The molecule has 4 nitrogen and oxygen atoms in total. The van der Waals surface area contributed by atoms with Crippen molar-refractivity contribution in [3.8, 4) is 0 Å². The zero-order valence-corrected chi connectivity index (χ0v) is 13.7. The van der Waals surface area contributed by atoms with E-state index in [1.807, 2.05) is 39.0 Å². The summed E-state index contributed by atoms with van der Waals surface area (Å²) in [5.41, 5.74) is 11.0. The quantitative estimate of drug-likeness (QED) is 0.850. The van der Waals surface area contributed by atoms with E-state index in [0.29, 0.717) is 11.3 Å². The Bertz CT molecular complexity index is 662. The van der Waals surface area contributed by atoms with Crippen molar-refractivity contribution in [3.05, 3.63) is 46.8 Å². The lowest BCUT2D eigenvalue weighted by Gasteiger charge is -2.10. The van der Waals surface area contributed by atoms with Gasteiger partial charge in [0.15, 0.2) is 0 Å². The number of nitrogens with two attached hydrogens (primary N) is 1. The summed E-state index contributed by atoms with van der Waals surface area (Å²) in [5, 5.41) is 2.94. The SMILES string of the molecule is CCn1c(C)cc(C(=O)Nc2cc(N)ccc2C)c1C.Cl. The molecule has 0 aliphatic carbocycles. The number of nitrogens with one attached hydrogen (secondary N) is 1. The first kappa shape index (κ1) is 17.1. The lowest BCUT2D eigenvalue weighted by Crippen LogP contribution is -2.14. The van der Waals surface area contributed by atoms with Gasteiger partial charge in [-0.2, -0.15) is 0 Å². The van der Waals surface area contributed by atoms with E-state index in [1.54, 1.807) is 6.07 Å². The van der Waals surface area contributed by atoms with Crippen LogP contribution in [0.1, 0.15) is 34.2 Å². The first-order chi connectivity index (χ1) is 9.43. The molecule has 0 aliphatic rings. The van der Waals surface area contributed by atoms with E-state index in [2.05, 4.69) is 16.8 Å². The molecule has 114 valence electrons. The molecule has 21 heavy (non-hydrogen) atoms. The maximum absolute atomic E-state index is 12.4. The summed E-state index contributed by atoms with van der Waals surface area (Å²) in [6.45, 7) is 8.87. The molecule has 1 aromatic heterocycles. The van der Waals surface area contributed by atoms with Gasteiger partial charge in [-0.25, -0.2) is 0 Å². The van der Waals surface area contributed by atoms with Gasteiger partial charge in [0.1, 0.15) is 0 Å². The van der Waals surface area contributed by atoms with Crippen molar-refractivity contribution in [2.75, 3.05) is 11.1 Å². The van der Waals surface area contributed by atoms with Gasteiger partial charge in [-0.15, -0.1) is 12.4 Å². The second kappa shape index (κ2) is 6.68. The molecule has 0 spiro atoms. The number of aryl methyl sites for hydroxylation is 2. The Morgan fingerprint density at radius 1 is 1.24 bits per heavy atom. The second-order valence-electron chi connectivity index (χ2n) is 5.06. The van der Waals surface area contributed by atoms with Crippen LogP contribution in [0.2, 0.25) is 0 Å². The Labute approximate surface area is 131 Å². The minimum Gasteiger partial charge on any atom is -0.399 e. The summed E-state index contributed by atoms with van der Waals surface area (Å²) in [4.78, 5) is 12.4. The molecule has 0 unspecified atom stereocenters. The summed E-state index contributed by atoms with van der Waals surface area (Å²) in [7, 11) is 0. The van der Waals surface area contributed by atoms with Gasteiger partial charge < -0.3 is 15.6 Å². The molecule has 3 N–H and O–H groups in total. The standard InChI is InChI=1S/C16H21N3O.ClH/c1-5-19-11(3)8-14(12(19)4)16(20)18-15-9-13(17)7-6-10(15)2;/h6-9H,5,17H2,1-4H3,(H,18,20);1H. The maximum atomic E-state index is 12.4. The zero-order chi connectivity index (χ0) is 14.9. The van der Waals surface area contributed by atoms with Gasteiger partial charge >= 0.3 is 0 Å². The Balaban J connectivity index is 0.00000220. The molecular formula is C16H22ClN3O. The average Bonchev–Trinajstić information content (AvgIpc) is 2.69. The third kappa shape index (κ3) is 3.39. The van der Waals surface area contributed by atoms with Crippen LogP contribution in [0.3, 0.4) is 0 Å². The Morgan fingerprint density at radius 3 is 2.48 bits per heavy atom.